The molecule has 0 amide bonds. The van der Waals surface area contributed by atoms with E-state index < -0.39 is 0 Å². The van der Waals surface area contributed by atoms with Gasteiger partial charge >= 0.3 is 0 Å². The van der Waals surface area contributed by atoms with Gasteiger partial charge in [0.25, 0.3) is 0 Å². The number of nitriles is 1. The highest BCUT2D eigenvalue weighted by atomic mass is 15.2. The summed E-state index contributed by atoms with van der Waals surface area (Å²) in [4.78, 5) is 2.22. The average Bonchev–Trinajstić information content (AvgIpc) is 2.87. The molecule has 0 aromatic heterocycles. The molecule has 0 saturated heterocycles. The normalized spacial score (nSPS) is 21.9. The molecule has 1 aliphatic rings. The molecule has 1 aliphatic carbocycles. The smallest absolute Gasteiger partial charge is 0.0975 e. The van der Waals surface area contributed by atoms with Crippen LogP contribution in [0.4, 0.5) is 0 Å². The zero-order valence-corrected chi connectivity index (χ0v) is 8.25. The van der Waals surface area contributed by atoms with Gasteiger partial charge in [-0.15, -0.1) is 0 Å². The zero-order valence-electron chi connectivity index (χ0n) is 8.25. The van der Waals surface area contributed by atoms with Crippen molar-refractivity contribution < 1.29 is 0 Å². The lowest BCUT2D eigenvalue weighted by Crippen LogP contribution is -2.38. The van der Waals surface area contributed by atoms with Crippen LogP contribution >= 0.6 is 0 Å². The molecule has 68 valence electrons. The molecule has 1 saturated carbocycles. The second kappa shape index (κ2) is 3.91. The van der Waals surface area contributed by atoms with E-state index in [4.69, 9.17) is 5.26 Å². The molecular formula is C10H18N2. The van der Waals surface area contributed by atoms with E-state index in [-0.39, 0.29) is 6.04 Å². The van der Waals surface area contributed by atoms with Gasteiger partial charge in [0.05, 0.1) is 12.1 Å². The standard InChI is InChI=1S/C10H18N2/c1-4-10(7-11)12(3)8(2)9-5-6-9/h8-10H,4-6H2,1-3H3. The summed E-state index contributed by atoms with van der Waals surface area (Å²) in [6, 6.07) is 3.04. The van der Waals surface area contributed by atoms with Gasteiger partial charge in [-0.1, -0.05) is 6.92 Å². The van der Waals surface area contributed by atoms with Crippen LogP contribution in [-0.2, 0) is 0 Å². The van der Waals surface area contributed by atoms with Crippen molar-refractivity contribution in [1.82, 2.24) is 4.90 Å². The van der Waals surface area contributed by atoms with Crippen molar-refractivity contribution in [3.05, 3.63) is 0 Å². The van der Waals surface area contributed by atoms with E-state index >= 15 is 0 Å². The van der Waals surface area contributed by atoms with E-state index in [1.165, 1.54) is 12.8 Å². The Bertz CT molecular complexity index is 179. The Labute approximate surface area is 75.2 Å². The highest BCUT2D eigenvalue weighted by Gasteiger charge is 2.32. The molecule has 2 unspecified atom stereocenters. The maximum absolute atomic E-state index is 8.86. The SMILES string of the molecule is CCC(C#N)N(C)C(C)C1CC1. The third kappa shape index (κ3) is 1.98. The summed E-state index contributed by atoms with van der Waals surface area (Å²) in [6.07, 6.45) is 3.64. The van der Waals surface area contributed by atoms with Crippen LogP contribution in [0, 0.1) is 17.2 Å². The first-order chi connectivity index (χ1) is 5.70. The van der Waals surface area contributed by atoms with Crippen LogP contribution in [0.15, 0.2) is 0 Å². The van der Waals surface area contributed by atoms with Gasteiger partial charge in [0.2, 0.25) is 0 Å². The second-order valence-electron chi connectivity index (χ2n) is 3.80. The fourth-order valence-corrected chi connectivity index (χ4v) is 1.67. The van der Waals surface area contributed by atoms with Gasteiger partial charge in [0.15, 0.2) is 0 Å². The lowest BCUT2D eigenvalue weighted by atomic mass is 10.1. The van der Waals surface area contributed by atoms with Crippen molar-refractivity contribution in [3.63, 3.8) is 0 Å². The molecule has 0 aliphatic heterocycles. The Hall–Kier alpha value is -0.550. The Morgan fingerprint density at radius 2 is 2.17 bits per heavy atom. The largest absolute Gasteiger partial charge is 0.288 e. The van der Waals surface area contributed by atoms with Crippen LogP contribution in [0.2, 0.25) is 0 Å². The van der Waals surface area contributed by atoms with Crippen LogP contribution < -0.4 is 0 Å². The van der Waals surface area contributed by atoms with Gasteiger partial charge in [0.1, 0.15) is 0 Å². The Morgan fingerprint density at radius 1 is 1.58 bits per heavy atom. The molecule has 0 spiro atoms. The summed E-state index contributed by atoms with van der Waals surface area (Å²) < 4.78 is 0. The van der Waals surface area contributed by atoms with Crippen molar-refractivity contribution in [2.24, 2.45) is 5.92 Å². The average molecular weight is 166 g/mol. The molecule has 0 N–H and O–H groups in total. The summed E-state index contributed by atoms with van der Waals surface area (Å²) in [5.41, 5.74) is 0. The highest BCUT2D eigenvalue weighted by Crippen LogP contribution is 2.35. The van der Waals surface area contributed by atoms with E-state index in [0.717, 1.165) is 12.3 Å². The number of hydrogen-bond acceptors (Lipinski definition) is 2. The minimum absolute atomic E-state index is 0.112. The molecule has 2 atom stereocenters. The van der Waals surface area contributed by atoms with Gasteiger partial charge in [-0.25, -0.2) is 0 Å². The van der Waals surface area contributed by atoms with Crippen LogP contribution in [0.1, 0.15) is 33.1 Å². The maximum atomic E-state index is 8.86. The number of hydrogen-bond donors (Lipinski definition) is 0. The monoisotopic (exact) mass is 166 g/mol. The predicted octanol–water partition coefficient (Wildman–Crippen LogP) is 2.02. The summed E-state index contributed by atoms with van der Waals surface area (Å²) in [5.74, 6) is 0.859. The van der Waals surface area contributed by atoms with Crippen molar-refractivity contribution in [2.45, 2.75) is 45.2 Å². The van der Waals surface area contributed by atoms with Gasteiger partial charge in [0, 0.05) is 6.04 Å². The Kier molecular flexibility index (Phi) is 3.11. The van der Waals surface area contributed by atoms with E-state index in [9.17, 15) is 0 Å². The summed E-state index contributed by atoms with van der Waals surface area (Å²) >= 11 is 0. The molecule has 0 aromatic rings. The molecule has 1 rings (SSSR count). The van der Waals surface area contributed by atoms with Gasteiger partial charge in [-0.3, -0.25) is 4.90 Å². The van der Waals surface area contributed by atoms with Crippen LogP contribution in [0.3, 0.4) is 0 Å². The molecular weight excluding hydrogens is 148 g/mol. The van der Waals surface area contributed by atoms with Gasteiger partial charge < -0.3 is 0 Å². The molecule has 1 fully saturated rings. The molecule has 0 aromatic carbocycles. The van der Waals surface area contributed by atoms with E-state index in [0.29, 0.717) is 6.04 Å². The van der Waals surface area contributed by atoms with E-state index in [2.05, 4.69) is 31.9 Å². The number of nitrogens with zero attached hydrogens (tertiary/aromatic N) is 2. The third-order valence-corrected chi connectivity index (χ3v) is 2.97. The molecule has 2 heteroatoms. The first-order valence-corrected chi connectivity index (χ1v) is 4.82. The van der Waals surface area contributed by atoms with Crippen molar-refractivity contribution in [2.75, 3.05) is 7.05 Å². The minimum Gasteiger partial charge on any atom is -0.288 e. The van der Waals surface area contributed by atoms with E-state index in [1.807, 2.05) is 0 Å². The highest BCUT2D eigenvalue weighted by molar-refractivity contribution is 4.94. The van der Waals surface area contributed by atoms with Gasteiger partial charge in [-0.05, 0) is 39.2 Å². The third-order valence-electron chi connectivity index (χ3n) is 2.97. The van der Waals surface area contributed by atoms with Crippen LogP contribution in [-0.4, -0.2) is 24.0 Å². The first kappa shape index (κ1) is 9.54. The fraction of sp³-hybridized carbons (Fsp3) is 0.900. The molecule has 0 bridgehead atoms. The lowest BCUT2D eigenvalue weighted by Gasteiger charge is -2.28. The summed E-state index contributed by atoms with van der Waals surface area (Å²) in [5, 5.41) is 8.86. The molecule has 0 radical (unpaired) electrons. The maximum Gasteiger partial charge on any atom is 0.0975 e. The Balaban J connectivity index is 2.43. The van der Waals surface area contributed by atoms with Crippen molar-refractivity contribution in [3.8, 4) is 6.07 Å². The Morgan fingerprint density at radius 3 is 2.50 bits per heavy atom. The van der Waals surface area contributed by atoms with Crippen molar-refractivity contribution in [1.29, 1.82) is 5.26 Å². The van der Waals surface area contributed by atoms with E-state index in [1.54, 1.807) is 0 Å². The number of rotatable bonds is 4. The summed E-state index contributed by atoms with van der Waals surface area (Å²) in [6.45, 7) is 4.31. The van der Waals surface area contributed by atoms with Crippen molar-refractivity contribution >= 4 is 0 Å². The second-order valence-corrected chi connectivity index (χ2v) is 3.80. The fourth-order valence-electron chi connectivity index (χ4n) is 1.67. The minimum atomic E-state index is 0.112. The predicted molar refractivity (Wildman–Crippen MR) is 49.6 cm³/mol. The molecule has 0 heterocycles. The van der Waals surface area contributed by atoms with Crippen LogP contribution in [0.5, 0.6) is 0 Å². The summed E-state index contributed by atoms with van der Waals surface area (Å²) in [7, 11) is 2.07. The van der Waals surface area contributed by atoms with Gasteiger partial charge in [-0.2, -0.15) is 5.26 Å². The lowest BCUT2D eigenvalue weighted by molar-refractivity contribution is 0.196. The zero-order chi connectivity index (χ0) is 9.14. The topological polar surface area (TPSA) is 27.0 Å². The first-order valence-electron chi connectivity index (χ1n) is 4.82. The molecule has 12 heavy (non-hydrogen) atoms. The molecule has 2 nitrogen and oxygen atoms in total. The quantitative estimate of drug-likeness (QED) is 0.639. The van der Waals surface area contributed by atoms with Crippen LogP contribution in [0.25, 0.3) is 0 Å².